The van der Waals surface area contributed by atoms with E-state index in [1.54, 1.807) is 31.1 Å². The molecule has 0 bridgehead atoms. The Morgan fingerprint density at radius 1 is 1.17 bits per heavy atom. The largest absolute Gasteiger partial charge is 0.289 e. The van der Waals surface area contributed by atoms with E-state index in [4.69, 9.17) is 0 Å². The number of rotatable bonds is 5. The minimum Gasteiger partial charge on any atom is -0.289 e. The molecule has 3 heterocycles. The van der Waals surface area contributed by atoms with E-state index < -0.39 is 0 Å². The molecule has 7 nitrogen and oxygen atoms in total. The van der Waals surface area contributed by atoms with Crippen molar-refractivity contribution in [2.75, 3.05) is 4.90 Å². The van der Waals surface area contributed by atoms with Gasteiger partial charge in [0.2, 0.25) is 5.91 Å². The van der Waals surface area contributed by atoms with Crippen LogP contribution >= 0.6 is 11.3 Å². The topological polar surface area (TPSA) is 81.0 Å². The molecule has 0 radical (unpaired) electrons. The van der Waals surface area contributed by atoms with E-state index >= 15 is 0 Å². The molecule has 0 atom stereocenters. The Bertz CT molecular complexity index is 1200. The molecule has 0 fully saturated rings. The molecule has 1 amide bonds. The number of amides is 1. The van der Waals surface area contributed by atoms with Crippen molar-refractivity contribution in [3.05, 3.63) is 82.3 Å². The smallest absolute Gasteiger partial charge is 0.256 e. The van der Waals surface area contributed by atoms with Gasteiger partial charge >= 0.3 is 0 Å². The summed E-state index contributed by atoms with van der Waals surface area (Å²) in [7, 11) is 0. The van der Waals surface area contributed by atoms with Crippen LogP contribution in [0, 0.1) is 13.8 Å². The van der Waals surface area contributed by atoms with Gasteiger partial charge in [0.05, 0.1) is 23.1 Å². The Hall–Kier alpha value is -3.39. The number of hydrogen-bond acceptors (Lipinski definition) is 6. The second-order valence-electron chi connectivity index (χ2n) is 6.69. The van der Waals surface area contributed by atoms with Crippen LogP contribution in [0.1, 0.15) is 16.8 Å². The second-order valence-corrected chi connectivity index (χ2v) is 7.70. The molecule has 146 valence electrons. The van der Waals surface area contributed by atoms with Gasteiger partial charge in [-0.2, -0.15) is 0 Å². The van der Waals surface area contributed by atoms with E-state index in [0.717, 1.165) is 15.8 Å². The van der Waals surface area contributed by atoms with Crippen molar-refractivity contribution in [3.8, 4) is 0 Å². The van der Waals surface area contributed by atoms with Crippen LogP contribution < -0.4 is 10.5 Å². The summed E-state index contributed by atoms with van der Waals surface area (Å²) < 4.78 is 2.34. The van der Waals surface area contributed by atoms with Crippen LogP contribution in [0.25, 0.3) is 10.2 Å². The number of pyridine rings is 1. The molecule has 3 aromatic heterocycles. The quantitative estimate of drug-likeness (QED) is 0.510. The maximum Gasteiger partial charge on any atom is 0.256 e. The fourth-order valence-electron chi connectivity index (χ4n) is 2.93. The van der Waals surface area contributed by atoms with Crippen LogP contribution in [0.15, 0.2) is 59.9 Å². The molecule has 0 aliphatic heterocycles. The number of hydrogen-bond donors (Lipinski definition) is 0. The molecule has 29 heavy (non-hydrogen) atoms. The summed E-state index contributed by atoms with van der Waals surface area (Å²) >= 11 is 1.44. The lowest BCUT2D eigenvalue weighted by atomic mass is 10.2. The number of carbonyl (C=O) groups is 1. The van der Waals surface area contributed by atoms with Crippen molar-refractivity contribution in [1.29, 1.82) is 0 Å². The minimum absolute atomic E-state index is 0.108. The van der Waals surface area contributed by atoms with Crippen molar-refractivity contribution in [2.45, 2.75) is 26.9 Å². The van der Waals surface area contributed by atoms with Crippen LogP contribution in [-0.4, -0.2) is 25.4 Å². The molecule has 1 aromatic carbocycles. The number of carbonyl (C=O) groups excluding carboxylic acids is 1. The number of thiazole rings is 1. The third-order valence-corrected chi connectivity index (χ3v) is 5.76. The van der Waals surface area contributed by atoms with Gasteiger partial charge in [-0.1, -0.05) is 29.5 Å². The molecule has 4 rings (SSSR count). The highest BCUT2D eigenvalue weighted by Crippen LogP contribution is 2.29. The lowest BCUT2D eigenvalue weighted by Crippen LogP contribution is -2.37. The van der Waals surface area contributed by atoms with Crippen molar-refractivity contribution >= 4 is 32.6 Å². The highest BCUT2D eigenvalue weighted by molar-refractivity contribution is 7.22. The molecule has 0 saturated carbocycles. The van der Waals surface area contributed by atoms with E-state index in [0.29, 0.717) is 22.9 Å². The summed E-state index contributed by atoms with van der Waals surface area (Å²) in [6, 6.07) is 11.5. The predicted molar refractivity (Wildman–Crippen MR) is 113 cm³/mol. The Balaban J connectivity index is 1.70. The van der Waals surface area contributed by atoms with Gasteiger partial charge in [0, 0.05) is 23.7 Å². The Morgan fingerprint density at radius 3 is 2.76 bits per heavy atom. The number of benzene rings is 1. The van der Waals surface area contributed by atoms with Gasteiger partial charge < -0.3 is 0 Å². The van der Waals surface area contributed by atoms with Crippen LogP contribution in [0.5, 0.6) is 0 Å². The maximum atomic E-state index is 13.2. The zero-order valence-electron chi connectivity index (χ0n) is 16.1. The van der Waals surface area contributed by atoms with E-state index in [1.165, 1.54) is 22.2 Å². The summed E-state index contributed by atoms with van der Waals surface area (Å²) in [4.78, 5) is 40.3. The van der Waals surface area contributed by atoms with Crippen LogP contribution in [0.2, 0.25) is 0 Å². The molecular formula is C21H19N5O2S. The van der Waals surface area contributed by atoms with Crippen LogP contribution in [-0.2, 0) is 17.9 Å². The third-order valence-electron chi connectivity index (χ3n) is 4.70. The van der Waals surface area contributed by atoms with E-state index in [-0.39, 0.29) is 18.0 Å². The monoisotopic (exact) mass is 405 g/mol. The Labute approximate surface area is 171 Å². The van der Waals surface area contributed by atoms with Gasteiger partial charge in [-0.3, -0.25) is 24.0 Å². The fraction of sp³-hybridized carbons (Fsp3) is 0.190. The number of fused-ring (bicyclic) bond motifs is 1. The van der Waals surface area contributed by atoms with E-state index in [2.05, 4.69) is 15.0 Å². The van der Waals surface area contributed by atoms with Crippen molar-refractivity contribution < 1.29 is 4.79 Å². The first-order chi connectivity index (χ1) is 14.0. The highest BCUT2D eigenvalue weighted by Gasteiger charge is 2.21. The van der Waals surface area contributed by atoms with Gasteiger partial charge in [0.25, 0.3) is 5.56 Å². The molecule has 0 aliphatic carbocycles. The van der Waals surface area contributed by atoms with E-state index in [9.17, 15) is 9.59 Å². The minimum atomic E-state index is -0.236. The molecule has 0 spiro atoms. The number of nitrogens with zero attached hydrogens (tertiary/aromatic N) is 5. The first kappa shape index (κ1) is 18.9. The molecule has 8 heteroatoms. The van der Waals surface area contributed by atoms with E-state index in [1.807, 2.05) is 36.4 Å². The van der Waals surface area contributed by atoms with Gasteiger partial charge in [0.1, 0.15) is 6.54 Å². The van der Waals surface area contributed by atoms with Crippen molar-refractivity contribution in [3.63, 3.8) is 0 Å². The van der Waals surface area contributed by atoms with Crippen molar-refractivity contribution in [1.82, 2.24) is 19.5 Å². The lowest BCUT2D eigenvalue weighted by molar-refractivity contribution is -0.119. The molecule has 0 unspecified atom stereocenters. The zero-order chi connectivity index (χ0) is 20.4. The lowest BCUT2D eigenvalue weighted by Gasteiger charge is -2.20. The van der Waals surface area contributed by atoms with Crippen LogP contribution in [0.4, 0.5) is 5.13 Å². The second kappa shape index (κ2) is 7.92. The molecular weight excluding hydrogens is 386 g/mol. The predicted octanol–water partition coefficient (Wildman–Crippen LogP) is 3.10. The average molecular weight is 405 g/mol. The Morgan fingerprint density at radius 2 is 2.00 bits per heavy atom. The molecule has 0 saturated heterocycles. The summed E-state index contributed by atoms with van der Waals surface area (Å²) in [6.45, 7) is 3.70. The first-order valence-electron chi connectivity index (χ1n) is 9.10. The SMILES string of the molecule is Cc1ncn(CC(=O)N(Cc2cccnc2)c2nc3ccccc3s2)c(=O)c1C. The van der Waals surface area contributed by atoms with Gasteiger partial charge in [0.15, 0.2) is 5.13 Å². The standard InChI is InChI=1S/C21H19N5O2S/c1-14-15(2)23-13-25(20(14)28)12-19(27)26(11-16-6-5-9-22-10-16)21-24-17-7-3-4-8-18(17)29-21/h3-10,13H,11-12H2,1-2H3. The fourth-order valence-corrected chi connectivity index (χ4v) is 3.91. The van der Waals surface area contributed by atoms with Gasteiger partial charge in [-0.05, 0) is 37.6 Å². The molecule has 4 aromatic rings. The number of para-hydroxylation sites is 1. The zero-order valence-corrected chi connectivity index (χ0v) is 16.9. The number of anilines is 1. The average Bonchev–Trinajstić information content (AvgIpc) is 3.17. The number of aromatic nitrogens is 4. The third kappa shape index (κ3) is 3.93. The summed E-state index contributed by atoms with van der Waals surface area (Å²) in [5.74, 6) is -0.236. The normalized spacial score (nSPS) is 11.0. The first-order valence-corrected chi connectivity index (χ1v) is 9.92. The summed E-state index contributed by atoms with van der Waals surface area (Å²) in [6.07, 6.45) is 4.83. The Kier molecular flexibility index (Phi) is 5.18. The molecule has 0 aliphatic rings. The van der Waals surface area contributed by atoms with Gasteiger partial charge in [-0.25, -0.2) is 9.97 Å². The van der Waals surface area contributed by atoms with Crippen LogP contribution in [0.3, 0.4) is 0 Å². The maximum absolute atomic E-state index is 13.2. The summed E-state index contributed by atoms with van der Waals surface area (Å²) in [5.41, 5.74) is 2.71. The number of aryl methyl sites for hydroxylation is 1. The summed E-state index contributed by atoms with van der Waals surface area (Å²) in [5, 5.41) is 0.588. The highest BCUT2D eigenvalue weighted by atomic mass is 32.1. The van der Waals surface area contributed by atoms with Gasteiger partial charge in [-0.15, -0.1) is 0 Å². The molecule has 0 N–H and O–H groups in total. The van der Waals surface area contributed by atoms with Crippen molar-refractivity contribution in [2.24, 2.45) is 0 Å².